The number of nitrogens with one attached hydrogen (secondary N) is 1. The fraction of sp³-hybridized carbons (Fsp3) is 0.516. The number of barbiturate groups is 1. The summed E-state index contributed by atoms with van der Waals surface area (Å²) in [6.45, 7) is -1.22. The number of carbonyl (C=O) groups is 7. The quantitative estimate of drug-likeness (QED) is 0.0832. The lowest BCUT2D eigenvalue weighted by Gasteiger charge is -2.43. The number of nitrogens with zero attached hydrogens (tertiary/aromatic N) is 5. The van der Waals surface area contributed by atoms with Crippen LogP contribution in [0.4, 0.5) is 9.18 Å². The zero-order valence-electron chi connectivity index (χ0n) is 26.3. The number of halogens is 1. The topological polar surface area (TPSA) is 229 Å². The summed E-state index contributed by atoms with van der Waals surface area (Å²) in [4.78, 5) is 86.5. The second-order valence-corrected chi connectivity index (χ2v) is 11.4. The highest BCUT2D eigenvalue weighted by Crippen LogP contribution is 2.28. The smallest absolute Gasteiger partial charge is 0.335 e. The second kappa shape index (κ2) is 17.7. The van der Waals surface area contributed by atoms with E-state index in [2.05, 4.69) is 15.6 Å². The number of rotatable bonds is 21. The molecule has 1 aromatic carbocycles. The molecule has 0 unspecified atom stereocenters. The summed E-state index contributed by atoms with van der Waals surface area (Å²) in [5.74, 6) is -5.52. The Balaban J connectivity index is 1.47. The molecular formula is C31H39FN6O10. The van der Waals surface area contributed by atoms with Gasteiger partial charge in [-0.05, 0) is 69.1 Å². The number of aryl methyl sites for hydroxylation is 2. The number of urea groups is 1. The number of carboxylic acid groups (broad SMARTS) is 2. The third kappa shape index (κ3) is 9.73. The Labute approximate surface area is 274 Å². The first-order valence-corrected chi connectivity index (χ1v) is 15.5. The molecule has 0 bridgehead atoms. The summed E-state index contributed by atoms with van der Waals surface area (Å²) >= 11 is 0. The Morgan fingerprint density at radius 1 is 1.00 bits per heavy atom. The summed E-state index contributed by atoms with van der Waals surface area (Å²) in [6.07, 6.45) is 2.24. The molecule has 2 aromatic rings. The van der Waals surface area contributed by atoms with Crippen LogP contribution >= 0.6 is 0 Å². The number of benzene rings is 1. The standard InChI is InChI=1S/C31H39FN6O10/c32-15-4-6-22-18-36(35-34-22)23-10-8-21(9-11-23)5-3-7-25(41)33-16-2-1-14-31(19-39,20-40)38-27(43)17-26(42)37(30(38)48)24(29(46)47)12-13-28(44)45/h8-11,18-19,24,40H,1-7,12-17,20H2,(H,33,41)(H,44,45)(H,46,47)/t24-,31+/m0/s1. The van der Waals surface area contributed by atoms with Crippen LogP contribution in [-0.2, 0) is 41.6 Å². The highest BCUT2D eigenvalue weighted by molar-refractivity contribution is 6.16. The predicted octanol–water partition coefficient (Wildman–Crippen LogP) is 1.21. The van der Waals surface area contributed by atoms with Gasteiger partial charge in [0.25, 0.3) is 0 Å². The molecule has 0 aliphatic carbocycles. The van der Waals surface area contributed by atoms with Crippen LogP contribution in [0.2, 0.25) is 0 Å². The molecule has 4 N–H and O–H groups in total. The fourth-order valence-electron chi connectivity index (χ4n) is 5.32. The number of hydrogen-bond donors (Lipinski definition) is 4. The first kappa shape index (κ1) is 37.4. The number of carbonyl (C=O) groups excluding carboxylic acids is 5. The molecular weight excluding hydrogens is 635 g/mol. The lowest BCUT2D eigenvalue weighted by Crippen LogP contribution is -2.68. The van der Waals surface area contributed by atoms with Gasteiger partial charge >= 0.3 is 18.0 Å². The zero-order valence-corrected chi connectivity index (χ0v) is 26.3. The fourth-order valence-corrected chi connectivity index (χ4v) is 5.32. The van der Waals surface area contributed by atoms with Gasteiger partial charge in [-0.1, -0.05) is 17.3 Å². The Morgan fingerprint density at radius 3 is 2.35 bits per heavy atom. The van der Waals surface area contributed by atoms with Crippen LogP contribution in [0.3, 0.4) is 0 Å². The van der Waals surface area contributed by atoms with Gasteiger partial charge in [-0.3, -0.25) is 23.6 Å². The van der Waals surface area contributed by atoms with Crippen LogP contribution in [0, 0.1) is 0 Å². The number of aliphatic hydroxyl groups excluding tert-OH is 1. The number of alkyl halides is 1. The molecule has 48 heavy (non-hydrogen) atoms. The number of unbranched alkanes of at least 4 members (excludes halogenated alkanes) is 1. The third-order valence-corrected chi connectivity index (χ3v) is 7.92. The summed E-state index contributed by atoms with van der Waals surface area (Å²) in [5.41, 5.74) is 0.416. The van der Waals surface area contributed by atoms with Crippen molar-refractivity contribution in [1.82, 2.24) is 30.1 Å². The number of aliphatic hydroxyl groups is 1. The molecule has 260 valence electrons. The van der Waals surface area contributed by atoms with Gasteiger partial charge in [0.1, 0.15) is 24.3 Å². The minimum Gasteiger partial charge on any atom is -0.481 e. The van der Waals surface area contributed by atoms with Crippen LogP contribution < -0.4 is 5.32 Å². The average molecular weight is 675 g/mol. The molecule has 17 heteroatoms. The first-order chi connectivity index (χ1) is 23.0. The average Bonchev–Trinajstić information content (AvgIpc) is 3.53. The van der Waals surface area contributed by atoms with Crippen LogP contribution in [0.5, 0.6) is 0 Å². The van der Waals surface area contributed by atoms with Crippen molar-refractivity contribution in [2.24, 2.45) is 0 Å². The molecule has 1 aromatic heterocycles. The number of carboxylic acids is 2. The number of hydrogen-bond acceptors (Lipinski definition) is 10. The van der Waals surface area contributed by atoms with E-state index in [1.165, 1.54) is 0 Å². The van der Waals surface area contributed by atoms with Crippen molar-refractivity contribution in [2.45, 2.75) is 82.2 Å². The predicted molar refractivity (Wildman–Crippen MR) is 163 cm³/mol. The van der Waals surface area contributed by atoms with Gasteiger partial charge in [0.2, 0.25) is 17.7 Å². The van der Waals surface area contributed by atoms with E-state index in [1.807, 2.05) is 24.3 Å². The summed E-state index contributed by atoms with van der Waals surface area (Å²) < 4.78 is 14.0. The molecule has 2 heterocycles. The van der Waals surface area contributed by atoms with E-state index in [-0.39, 0.29) is 42.9 Å². The Morgan fingerprint density at radius 2 is 1.73 bits per heavy atom. The highest BCUT2D eigenvalue weighted by atomic mass is 19.1. The minimum absolute atomic E-state index is 0.154. The number of amides is 5. The van der Waals surface area contributed by atoms with Crippen LogP contribution in [-0.4, -0.2) is 113 Å². The molecule has 16 nitrogen and oxygen atoms in total. The molecule has 1 aliphatic heterocycles. The first-order valence-electron chi connectivity index (χ1n) is 15.5. The zero-order chi connectivity index (χ0) is 35.3. The summed E-state index contributed by atoms with van der Waals surface area (Å²) in [6, 6.07) is 4.25. The molecule has 2 atom stereocenters. The summed E-state index contributed by atoms with van der Waals surface area (Å²) in [5, 5.41) is 39.5. The largest absolute Gasteiger partial charge is 0.481 e. The molecule has 1 fully saturated rings. The lowest BCUT2D eigenvalue weighted by atomic mass is 9.91. The maximum Gasteiger partial charge on any atom is 0.335 e. The normalized spacial score (nSPS) is 15.2. The van der Waals surface area contributed by atoms with E-state index < -0.39 is 73.9 Å². The maximum atomic E-state index is 13.3. The monoisotopic (exact) mass is 674 g/mol. The van der Waals surface area contributed by atoms with Gasteiger partial charge in [-0.2, -0.15) is 0 Å². The number of imide groups is 2. The molecule has 0 saturated carbocycles. The Hall–Kier alpha value is -5.06. The molecule has 1 saturated heterocycles. The van der Waals surface area contributed by atoms with Crippen molar-refractivity contribution in [3.63, 3.8) is 0 Å². The Kier molecular flexibility index (Phi) is 13.8. The van der Waals surface area contributed by atoms with Crippen LogP contribution in [0.25, 0.3) is 5.69 Å². The lowest BCUT2D eigenvalue weighted by molar-refractivity contribution is -0.158. The van der Waals surface area contributed by atoms with Gasteiger partial charge in [-0.15, -0.1) is 5.10 Å². The van der Waals surface area contributed by atoms with Gasteiger partial charge in [0.15, 0.2) is 0 Å². The van der Waals surface area contributed by atoms with E-state index in [0.29, 0.717) is 42.7 Å². The number of aromatic nitrogens is 3. The van der Waals surface area contributed by atoms with Gasteiger partial charge < -0.3 is 25.4 Å². The van der Waals surface area contributed by atoms with E-state index in [1.54, 1.807) is 10.9 Å². The van der Waals surface area contributed by atoms with E-state index in [4.69, 9.17) is 5.11 Å². The van der Waals surface area contributed by atoms with Crippen molar-refractivity contribution < 1.29 is 53.3 Å². The number of aldehydes is 1. The van der Waals surface area contributed by atoms with Crippen molar-refractivity contribution in [3.8, 4) is 5.69 Å². The van der Waals surface area contributed by atoms with Crippen LogP contribution in [0.1, 0.15) is 69.0 Å². The van der Waals surface area contributed by atoms with Gasteiger partial charge in [0.05, 0.1) is 30.9 Å². The third-order valence-electron chi connectivity index (χ3n) is 7.92. The van der Waals surface area contributed by atoms with Gasteiger partial charge in [-0.25, -0.2) is 24.1 Å². The van der Waals surface area contributed by atoms with E-state index in [0.717, 1.165) is 11.3 Å². The second-order valence-electron chi connectivity index (χ2n) is 11.4. The SMILES string of the molecule is O=C[C@@](CO)(CCCCNC(=O)CCCc1ccc(-n2cc(CCCF)nn2)cc1)N1C(=O)CC(=O)N([C@@H](CCC(=O)O)C(=O)O)C1=O. The van der Waals surface area contributed by atoms with Crippen LogP contribution in [0.15, 0.2) is 30.5 Å². The number of aliphatic carboxylic acids is 2. The van der Waals surface area contributed by atoms with Gasteiger partial charge in [0, 0.05) is 19.4 Å². The molecule has 0 spiro atoms. The maximum absolute atomic E-state index is 13.3. The van der Waals surface area contributed by atoms with E-state index in [9.17, 15) is 48.2 Å². The molecule has 5 amide bonds. The minimum atomic E-state index is -2.10. The van der Waals surface area contributed by atoms with Crippen molar-refractivity contribution in [2.75, 3.05) is 19.8 Å². The molecule has 1 aliphatic rings. The Bertz CT molecular complexity index is 1480. The highest BCUT2D eigenvalue weighted by Gasteiger charge is 2.52. The molecule has 3 rings (SSSR count). The molecule has 0 radical (unpaired) electrons. The van der Waals surface area contributed by atoms with Crippen molar-refractivity contribution >= 4 is 42.0 Å². The van der Waals surface area contributed by atoms with E-state index >= 15 is 0 Å². The van der Waals surface area contributed by atoms with Crippen molar-refractivity contribution in [1.29, 1.82) is 0 Å². The van der Waals surface area contributed by atoms with Crippen molar-refractivity contribution in [3.05, 3.63) is 41.7 Å². The summed E-state index contributed by atoms with van der Waals surface area (Å²) in [7, 11) is 0.